The molecule has 1 N–H and O–H groups in total. The molecule has 1 aromatic carbocycles. The van der Waals surface area contributed by atoms with Gasteiger partial charge in [0.05, 0.1) is 15.7 Å². The average Bonchev–Trinajstić information content (AvgIpc) is 2.60. The fourth-order valence-electron chi connectivity index (χ4n) is 2.49. The van der Waals surface area contributed by atoms with Gasteiger partial charge in [0.25, 0.3) is 0 Å². The first kappa shape index (κ1) is 11.1. The van der Waals surface area contributed by atoms with Crippen LogP contribution >= 0.6 is 23.2 Å². The smallest absolute Gasteiger partial charge is 0.179 e. The minimum Gasteiger partial charge on any atom is -0.352 e. The van der Waals surface area contributed by atoms with Crippen LogP contribution in [0.2, 0.25) is 10.0 Å². The number of H-pyrrole nitrogens is 1. The quantitative estimate of drug-likeness (QED) is 0.706. The monoisotopic (exact) mass is 267 g/mol. The van der Waals surface area contributed by atoms with E-state index < -0.39 is 0 Å². The van der Waals surface area contributed by atoms with Gasteiger partial charge in [0.1, 0.15) is 0 Å². The van der Waals surface area contributed by atoms with E-state index >= 15 is 0 Å². The molecule has 88 valence electrons. The number of aryl methyl sites for hydroxylation is 1. The van der Waals surface area contributed by atoms with E-state index in [4.69, 9.17) is 23.2 Å². The van der Waals surface area contributed by atoms with Crippen molar-refractivity contribution in [3.63, 3.8) is 0 Å². The standard InChI is InChI=1S/C13H11Cl2NO/c14-8-5-6-9-11(12(8)15)7-3-1-2-4-10(17)13(7)16-9/h5-6,16H,1-4H2. The fourth-order valence-corrected chi connectivity index (χ4v) is 2.92. The molecular formula is C13H11Cl2NO. The van der Waals surface area contributed by atoms with Crippen LogP contribution < -0.4 is 0 Å². The number of aromatic nitrogens is 1. The number of fused-ring (bicyclic) bond motifs is 3. The second-order valence-corrected chi connectivity index (χ2v) is 5.18. The Morgan fingerprint density at radius 3 is 2.71 bits per heavy atom. The Labute approximate surface area is 109 Å². The van der Waals surface area contributed by atoms with Crippen molar-refractivity contribution in [1.82, 2.24) is 4.98 Å². The summed E-state index contributed by atoms with van der Waals surface area (Å²) in [6, 6.07) is 3.64. The highest BCUT2D eigenvalue weighted by Gasteiger charge is 2.22. The number of benzene rings is 1. The largest absolute Gasteiger partial charge is 0.352 e. The SMILES string of the molecule is O=C1CCCCc2c1[nH]c1ccc(Cl)c(Cl)c21. The van der Waals surface area contributed by atoms with Gasteiger partial charge in [-0.25, -0.2) is 0 Å². The van der Waals surface area contributed by atoms with E-state index in [0.717, 1.165) is 41.4 Å². The van der Waals surface area contributed by atoms with E-state index in [1.165, 1.54) is 0 Å². The number of carbonyl (C=O) groups is 1. The van der Waals surface area contributed by atoms with Crippen molar-refractivity contribution in [3.8, 4) is 0 Å². The van der Waals surface area contributed by atoms with E-state index in [2.05, 4.69) is 4.98 Å². The number of halogens is 2. The van der Waals surface area contributed by atoms with Crippen molar-refractivity contribution < 1.29 is 4.79 Å². The molecule has 0 spiro atoms. The van der Waals surface area contributed by atoms with Gasteiger partial charge in [0.15, 0.2) is 5.78 Å². The van der Waals surface area contributed by atoms with E-state index in [-0.39, 0.29) is 5.78 Å². The zero-order valence-corrected chi connectivity index (χ0v) is 10.7. The van der Waals surface area contributed by atoms with Crippen molar-refractivity contribution in [2.45, 2.75) is 25.7 Å². The van der Waals surface area contributed by atoms with E-state index in [9.17, 15) is 4.79 Å². The molecule has 0 saturated carbocycles. The van der Waals surface area contributed by atoms with Crippen molar-refractivity contribution in [2.24, 2.45) is 0 Å². The number of hydrogen-bond acceptors (Lipinski definition) is 1. The molecule has 1 aliphatic rings. The van der Waals surface area contributed by atoms with Gasteiger partial charge in [-0.1, -0.05) is 23.2 Å². The lowest BCUT2D eigenvalue weighted by atomic mass is 10.1. The van der Waals surface area contributed by atoms with E-state index in [1.807, 2.05) is 6.07 Å². The van der Waals surface area contributed by atoms with Crippen LogP contribution in [-0.4, -0.2) is 10.8 Å². The zero-order chi connectivity index (χ0) is 12.0. The normalized spacial score (nSPS) is 16.0. The first-order chi connectivity index (χ1) is 8.18. The molecule has 2 nitrogen and oxygen atoms in total. The number of nitrogens with one attached hydrogen (secondary N) is 1. The Bertz CT molecular complexity index is 615. The Morgan fingerprint density at radius 2 is 1.88 bits per heavy atom. The van der Waals surface area contributed by atoms with Gasteiger partial charge in [0, 0.05) is 17.3 Å². The van der Waals surface area contributed by atoms with Gasteiger partial charge in [-0.3, -0.25) is 4.79 Å². The van der Waals surface area contributed by atoms with Gasteiger partial charge >= 0.3 is 0 Å². The van der Waals surface area contributed by atoms with Gasteiger partial charge in [-0.15, -0.1) is 0 Å². The van der Waals surface area contributed by atoms with Crippen molar-refractivity contribution >= 4 is 39.9 Å². The van der Waals surface area contributed by atoms with Crippen molar-refractivity contribution in [2.75, 3.05) is 0 Å². The van der Waals surface area contributed by atoms with Gasteiger partial charge in [-0.05, 0) is 37.0 Å². The van der Waals surface area contributed by atoms with Gasteiger partial charge in [-0.2, -0.15) is 0 Å². The summed E-state index contributed by atoms with van der Waals surface area (Å²) in [6.45, 7) is 0. The van der Waals surface area contributed by atoms with Crippen LogP contribution in [0.5, 0.6) is 0 Å². The lowest BCUT2D eigenvalue weighted by Crippen LogP contribution is -1.98. The molecule has 2 aromatic rings. The third-order valence-electron chi connectivity index (χ3n) is 3.32. The molecular weight excluding hydrogens is 257 g/mol. The Balaban J connectivity index is 2.36. The summed E-state index contributed by atoms with van der Waals surface area (Å²) in [5.41, 5.74) is 2.66. The third-order valence-corrected chi connectivity index (χ3v) is 4.12. The molecule has 0 bridgehead atoms. The molecule has 0 aliphatic heterocycles. The lowest BCUT2D eigenvalue weighted by molar-refractivity contribution is 0.0978. The minimum absolute atomic E-state index is 0.181. The summed E-state index contributed by atoms with van der Waals surface area (Å²) in [6.07, 6.45) is 3.47. The predicted octanol–water partition coefficient (Wildman–Crippen LogP) is 4.38. The highest BCUT2D eigenvalue weighted by atomic mass is 35.5. The molecule has 0 unspecified atom stereocenters. The van der Waals surface area contributed by atoms with Crippen LogP contribution in [0.1, 0.15) is 35.3 Å². The van der Waals surface area contributed by atoms with Crippen molar-refractivity contribution in [1.29, 1.82) is 0 Å². The maximum atomic E-state index is 12.0. The molecule has 17 heavy (non-hydrogen) atoms. The average molecular weight is 268 g/mol. The number of aromatic amines is 1. The summed E-state index contributed by atoms with van der Waals surface area (Å²) >= 11 is 12.3. The Kier molecular flexibility index (Phi) is 2.64. The van der Waals surface area contributed by atoms with Crippen LogP contribution in [-0.2, 0) is 6.42 Å². The molecule has 0 saturated heterocycles. The summed E-state index contributed by atoms with van der Waals surface area (Å²) in [7, 11) is 0. The van der Waals surface area contributed by atoms with Crippen LogP contribution in [0.4, 0.5) is 0 Å². The highest BCUT2D eigenvalue weighted by Crippen LogP contribution is 2.36. The summed E-state index contributed by atoms with van der Waals surface area (Å²) < 4.78 is 0. The number of hydrogen-bond donors (Lipinski definition) is 1. The van der Waals surface area contributed by atoms with Crippen molar-refractivity contribution in [3.05, 3.63) is 33.4 Å². The molecule has 4 heteroatoms. The Hall–Kier alpha value is -0.990. The van der Waals surface area contributed by atoms with Crippen LogP contribution in [0, 0.1) is 0 Å². The van der Waals surface area contributed by atoms with Crippen LogP contribution in [0.3, 0.4) is 0 Å². The molecule has 1 heterocycles. The molecule has 0 amide bonds. The maximum absolute atomic E-state index is 12.0. The van der Waals surface area contributed by atoms with E-state index in [1.54, 1.807) is 6.07 Å². The van der Waals surface area contributed by atoms with Gasteiger partial charge in [0.2, 0.25) is 0 Å². The molecule has 0 atom stereocenters. The first-order valence-electron chi connectivity index (χ1n) is 5.70. The highest BCUT2D eigenvalue weighted by molar-refractivity contribution is 6.45. The van der Waals surface area contributed by atoms with Crippen LogP contribution in [0.15, 0.2) is 12.1 Å². The minimum atomic E-state index is 0.181. The predicted molar refractivity (Wildman–Crippen MR) is 70.2 cm³/mol. The number of rotatable bonds is 0. The molecule has 3 rings (SSSR count). The zero-order valence-electron chi connectivity index (χ0n) is 9.15. The summed E-state index contributed by atoms with van der Waals surface area (Å²) in [5, 5.41) is 2.01. The maximum Gasteiger partial charge on any atom is 0.179 e. The topological polar surface area (TPSA) is 32.9 Å². The Morgan fingerprint density at radius 1 is 1.12 bits per heavy atom. The number of carbonyl (C=O) groups excluding carboxylic acids is 1. The summed E-state index contributed by atoms with van der Waals surface area (Å²) in [4.78, 5) is 15.1. The third kappa shape index (κ3) is 1.67. The number of Topliss-reactive ketones (excluding diaryl/α,β-unsaturated/α-hetero) is 1. The molecule has 1 aromatic heterocycles. The van der Waals surface area contributed by atoms with Crippen LogP contribution in [0.25, 0.3) is 10.9 Å². The molecule has 0 radical (unpaired) electrons. The second kappa shape index (κ2) is 4.04. The fraction of sp³-hybridized carbons (Fsp3) is 0.308. The first-order valence-corrected chi connectivity index (χ1v) is 6.46. The molecule has 1 aliphatic carbocycles. The number of ketones is 1. The summed E-state index contributed by atoms with van der Waals surface area (Å²) in [5.74, 6) is 0.181. The molecule has 0 fully saturated rings. The lowest BCUT2D eigenvalue weighted by Gasteiger charge is -2.01. The second-order valence-electron chi connectivity index (χ2n) is 4.39. The van der Waals surface area contributed by atoms with Gasteiger partial charge < -0.3 is 4.98 Å². The van der Waals surface area contributed by atoms with E-state index in [0.29, 0.717) is 16.5 Å².